The first-order valence-electron chi connectivity index (χ1n) is 30.4. The lowest BCUT2D eigenvalue weighted by Gasteiger charge is -2.19. The van der Waals surface area contributed by atoms with Gasteiger partial charge in [0, 0.05) is 38.1 Å². The molecule has 0 aliphatic carbocycles. The van der Waals surface area contributed by atoms with E-state index in [0.717, 1.165) is 74.6 Å². The van der Waals surface area contributed by atoms with E-state index < -0.39 is 73.6 Å². The van der Waals surface area contributed by atoms with Crippen molar-refractivity contribution >= 4 is 77.4 Å². The largest absolute Gasteiger partial charge is 0.417 e. The highest BCUT2D eigenvalue weighted by molar-refractivity contribution is 7.92. The van der Waals surface area contributed by atoms with E-state index >= 15 is 0 Å². The Morgan fingerprint density at radius 3 is 1.07 bits per heavy atom. The van der Waals surface area contributed by atoms with Crippen molar-refractivity contribution in [3.63, 3.8) is 0 Å². The summed E-state index contributed by atoms with van der Waals surface area (Å²) in [4.78, 5) is 7.05. The Morgan fingerprint density at radius 1 is 0.372 bits per heavy atom. The average Bonchev–Trinajstić information content (AvgIpc) is 1.53. The van der Waals surface area contributed by atoms with Gasteiger partial charge in [0.2, 0.25) is 0 Å². The molecule has 0 saturated heterocycles. The Bertz CT molecular complexity index is 2960. The molecule has 12 nitrogen and oxygen atoms in total. The van der Waals surface area contributed by atoms with E-state index in [4.69, 9.17) is 0 Å². The van der Waals surface area contributed by atoms with Gasteiger partial charge < -0.3 is 0 Å². The average molecular weight is 1360 g/mol. The van der Waals surface area contributed by atoms with Gasteiger partial charge in [0.25, 0.3) is 0 Å². The van der Waals surface area contributed by atoms with Crippen LogP contribution < -0.4 is 0 Å². The Labute approximate surface area is 524 Å². The van der Waals surface area contributed by atoms with Crippen molar-refractivity contribution in [2.45, 2.75) is 173 Å². The lowest BCUT2D eigenvalue weighted by Crippen LogP contribution is -2.28. The second-order valence-electron chi connectivity index (χ2n) is 22.6. The number of rotatable bonds is 36. The van der Waals surface area contributed by atoms with E-state index in [9.17, 15) is 60.0 Å². The van der Waals surface area contributed by atoms with Crippen molar-refractivity contribution in [2.24, 2.45) is 0 Å². The number of hydrogen-bond donors (Lipinski definition) is 0. The minimum absolute atomic E-state index is 0.0519. The van der Waals surface area contributed by atoms with Crippen LogP contribution in [0.15, 0.2) is 117 Å². The number of hydrogen-bond acceptors (Lipinski definition) is 12. The zero-order valence-electron chi connectivity index (χ0n) is 53.0. The van der Waals surface area contributed by atoms with Gasteiger partial charge in [-0.25, -0.2) is 33.7 Å². The van der Waals surface area contributed by atoms with E-state index in [-0.39, 0.29) is 66.2 Å². The minimum Gasteiger partial charge on any atom is -0.293 e. The summed E-state index contributed by atoms with van der Waals surface area (Å²) in [6.07, 6.45) is -0.136. The van der Waals surface area contributed by atoms with E-state index in [2.05, 4.69) is 27.7 Å². The van der Waals surface area contributed by atoms with Gasteiger partial charge in [-0.2, -0.15) is 26.3 Å². The van der Waals surface area contributed by atoms with Crippen LogP contribution in [0, 0.1) is 13.8 Å². The molecule has 0 radical (unpaired) electrons. The molecule has 0 spiro atoms. The fourth-order valence-electron chi connectivity index (χ4n) is 9.09. The molecule has 0 N–H and O–H groups in total. The SMILES string of the molecule is CCC[SiH2]CCCN(C)CS(=O)(=O)c1cc(C)cc(C(F)(F)F)c1.CCC[SiH2]CCCN(C)CS(=O)(=O)c1ccc(C)cc1.CCC[SiH2]CCCN(C)CS(=O)(=O)c1ccccc1.CCC[SiH2]CCCN(C)CS(=O)(=O)c1ccccc1C(F)(F)F. The van der Waals surface area contributed by atoms with Crippen molar-refractivity contribution < 1.29 is 60.0 Å². The molecule has 0 fully saturated rings. The lowest BCUT2D eigenvalue weighted by atomic mass is 10.1. The molecule has 86 heavy (non-hydrogen) atoms. The Balaban J connectivity index is 0.000000576. The predicted octanol–water partition coefficient (Wildman–Crippen LogP) is 11.3. The summed E-state index contributed by atoms with van der Waals surface area (Å²) < 4.78 is 176. The summed E-state index contributed by atoms with van der Waals surface area (Å²) in [6, 6.07) is 33.5. The van der Waals surface area contributed by atoms with Crippen LogP contribution in [0.1, 0.15) is 101 Å². The maximum absolute atomic E-state index is 13.0. The van der Waals surface area contributed by atoms with Crippen molar-refractivity contribution in [3.8, 4) is 0 Å². The molecule has 4 rings (SSSR count). The van der Waals surface area contributed by atoms with E-state index in [0.29, 0.717) is 22.9 Å². The van der Waals surface area contributed by atoms with E-state index in [1.807, 2.05) is 49.0 Å². The van der Waals surface area contributed by atoms with Gasteiger partial charge in [0.05, 0.1) is 30.7 Å². The van der Waals surface area contributed by atoms with Crippen LogP contribution in [-0.2, 0) is 51.7 Å². The molecule has 0 aromatic heterocycles. The molecule has 0 atom stereocenters. The third-order valence-corrected chi connectivity index (χ3v) is 29.8. The predicted molar refractivity (Wildman–Crippen MR) is 356 cm³/mol. The normalized spacial score (nSPS) is 13.0. The standard InChI is InChI=1S/C16H26F3NO2SSi.C15H24F3NO2SSi.C15H27NO2SSi.C14H25NO2SSi/c1-4-7-24-8-5-6-20(3)12-23(21,22)15-10-13(2)9-14(11-15)16(17,18)19;1-3-10-23-11-6-9-19(2)12-22(20,21)14-8-5-4-7-13(14)15(16,17)18;1-4-11-20-12-5-10-16(3)13-19(17,18)15-8-6-14(2)7-9-15;1-3-11-19-12-7-10-15(2)13-18(16,17)14-8-5-4-6-9-14/h9-11H,4-8,12,24H2,1-3H3;4-5,7-8H,3,6,9-12,23H2,1-2H3;6-9H,4-5,10-13,20H2,1-3H3;4-6,8-9H,3,7,10-13,19H2,1-2H3. The molecule has 26 heteroatoms. The highest BCUT2D eigenvalue weighted by Crippen LogP contribution is 2.35. The third kappa shape index (κ3) is 34.8. The molecule has 4 aromatic carbocycles. The molecule has 0 unspecified atom stereocenters. The molecule has 0 amide bonds. The summed E-state index contributed by atoms with van der Waals surface area (Å²) in [7, 11) is -6.95. The van der Waals surface area contributed by atoms with Gasteiger partial charge >= 0.3 is 12.4 Å². The molecule has 0 aliphatic rings. The maximum Gasteiger partial charge on any atom is 0.417 e. The van der Waals surface area contributed by atoms with Gasteiger partial charge in [-0.05, 0) is 154 Å². The van der Waals surface area contributed by atoms with Crippen LogP contribution in [0.5, 0.6) is 0 Å². The second-order valence-corrected chi connectivity index (χ2v) is 38.9. The Hall–Kier alpha value is -3.03. The zero-order valence-corrected chi connectivity index (χ0v) is 61.9. The van der Waals surface area contributed by atoms with Gasteiger partial charge in [-0.3, -0.25) is 19.6 Å². The first kappa shape index (κ1) is 81.0. The van der Waals surface area contributed by atoms with Crippen molar-refractivity contribution in [3.05, 3.63) is 119 Å². The van der Waals surface area contributed by atoms with Gasteiger partial charge in [-0.15, -0.1) is 0 Å². The molecule has 492 valence electrons. The monoisotopic (exact) mass is 1360 g/mol. The Kier molecular flexibility index (Phi) is 39.6. The number of aryl methyl sites for hydroxylation is 2. The van der Waals surface area contributed by atoms with Crippen LogP contribution in [0.2, 0.25) is 48.4 Å². The first-order chi connectivity index (χ1) is 40.3. The molecule has 0 aliphatic heterocycles. The third-order valence-electron chi connectivity index (χ3n) is 13.9. The summed E-state index contributed by atoms with van der Waals surface area (Å²) in [5.41, 5.74) is -0.646. The summed E-state index contributed by atoms with van der Waals surface area (Å²) in [5.74, 6) is -0.420. The number of nitrogens with zero attached hydrogens (tertiary/aromatic N) is 4. The summed E-state index contributed by atoms with van der Waals surface area (Å²) in [5, 5.41) is 0. The topological polar surface area (TPSA) is 150 Å². The van der Waals surface area contributed by atoms with E-state index in [1.165, 1.54) is 93.1 Å². The van der Waals surface area contributed by atoms with Gasteiger partial charge in [-0.1, -0.05) is 150 Å². The van der Waals surface area contributed by atoms with Crippen molar-refractivity contribution in [2.75, 3.05) is 77.9 Å². The molecule has 0 saturated carbocycles. The molecule has 0 bridgehead atoms. The number of sulfone groups is 4. The smallest absolute Gasteiger partial charge is 0.293 e. The second kappa shape index (κ2) is 42.1. The maximum atomic E-state index is 13.0. The van der Waals surface area contributed by atoms with Gasteiger partial charge in [0.15, 0.2) is 39.3 Å². The minimum atomic E-state index is -4.67. The van der Waals surface area contributed by atoms with Crippen LogP contribution in [0.4, 0.5) is 26.3 Å². The fraction of sp³-hybridized carbons (Fsp3) is 0.600. The molecule has 4 aromatic rings. The van der Waals surface area contributed by atoms with Crippen molar-refractivity contribution in [1.29, 1.82) is 0 Å². The zero-order chi connectivity index (χ0) is 65.0. The van der Waals surface area contributed by atoms with Crippen LogP contribution in [0.25, 0.3) is 0 Å². The van der Waals surface area contributed by atoms with Crippen LogP contribution >= 0.6 is 0 Å². The number of alkyl halides is 6. The highest BCUT2D eigenvalue weighted by atomic mass is 32.2. The quantitative estimate of drug-likeness (QED) is 0.0242. The highest BCUT2D eigenvalue weighted by Gasteiger charge is 2.37. The molecular weight excluding hydrogens is 1260 g/mol. The lowest BCUT2D eigenvalue weighted by molar-refractivity contribution is -0.140. The summed E-state index contributed by atoms with van der Waals surface area (Å²) >= 11 is 0. The molecule has 0 heterocycles. The summed E-state index contributed by atoms with van der Waals surface area (Å²) in [6.45, 7) is 15.2. The fourth-order valence-corrected chi connectivity index (χ4v) is 20.8. The van der Waals surface area contributed by atoms with Crippen LogP contribution in [0.3, 0.4) is 0 Å². The molecular formula is C60H102F6N4O8S4Si4. The van der Waals surface area contributed by atoms with Crippen LogP contribution in [-0.4, -0.2) is 169 Å². The van der Waals surface area contributed by atoms with E-state index in [1.54, 1.807) is 60.3 Å². The number of halogens is 6. The van der Waals surface area contributed by atoms with Gasteiger partial charge in [0.1, 0.15) is 23.5 Å². The number of benzene rings is 4. The Morgan fingerprint density at radius 2 is 0.709 bits per heavy atom. The van der Waals surface area contributed by atoms with Crippen molar-refractivity contribution in [1.82, 2.24) is 19.6 Å². The first-order valence-corrected chi connectivity index (χ1v) is 45.0.